The summed E-state index contributed by atoms with van der Waals surface area (Å²) in [5, 5.41) is 0. The highest BCUT2D eigenvalue weighted by atomic mass is 16.5. The monoisotopic (exact) mass is 303 g/mol. The van der Waals surface area contributed by atoms with Crippen molar-refractivity contribution in [3.63, 3.8) is 0 Å². The van der Waals surface area contributed by atoms with E-state index >= 15 is 0 Å². The fourth-order valence-electron chi connectivity index (χ4n) is 3.35. The van der Waals surface area contributed by atoms with Gasteiger partial charge in [-0.15, -0.1) is 0 Å². The zero-order chi connectivity index (χ0) is 15.5. The van der Waals surface area contributed by atoms with E-state index in [2.05, 4.69) is 39.9 Å². The number of nitrogens with two attached hydrogens (primary N) is 1. The van der Waals surface area contributed by atoms with E-state index in [1.165, 1.54) is 11.4 Å². The zero-order valence-electron chi connectivity index (χ0n) is 13.7. The van der Waals surface area contributed by atoms with Gasteiger partial charge in [0.2, 0.25) is 0 Å². The number of ether oxygens (including phenoxy) is 1. The molecule has 0 aromatic heterocycles. The second-order valence-corrected chi connectivity index (χ2v) is 6.41. The maximum Gasteiger partial charge on any atom is 0.129 e. The molecule has 121 valence electrons. The number of benzene rings is 1. The third-order valence-corrected chi connectivity index (χ3v) is 4.74. The molecule has 0 bridgehead atoms. The molecular formula is C17H27N4O. The molecule has 2 aliphatic heterocycles. The highest BCUT2D eigenvalue weighted by molar-refractivity contribution is 5.73. The Morgan fingerprint density at radius 2 is 1.91 bits per heavy atom. The predicted molar refractivity (Wildman–Crippen MR) is 91.0 cm³/mol. The topological polar surface area (TPSA) is 45.0 Å². The fraction of sp³-hybridized carbons (Fsp3) is 0.647. The summed E-state index contributed by atoms with van der Waals surface area (Å²) < 4.78 is 5.39. The van der Waals surface area contributed by atoms with E-state index < -0.39 is 0 Å². The van der Waals surface area contributed by atoms with Crippen molar-refractivity contribution >= 4 is 11.4 Å². The lowest BCUT2D eigenvalue weighted by molar-refractivity contribution is 0.312. The molecule has 2 aliphatic rings. The first-order valence-electron chi connectivity index (χ1n) is 8.21. The van der Waals surface area contributed by atoms with Crippen LogP contribution in [0.1, 0.15) is 12.8 Å². The smallest absolute Gasteiger partial charge is 0.129 e. The first-order valence-corrected chi connectivity index (χ1v) is 8.21. The Labute approximate surface area is 133 Å². The molecule has 1 aromatic rings. The van der Waals surface area contributed by atoms with Crippen LogP contribution in [0.4, 0.5) is 11.4 Å². The normalized spacial score (nSPS) is 23.7. The van der Waals surface area contributed by atoms with Crippen LogP contribution in [0.3, 0.4) is 0 Å². The van der Waals surface area contributed by atoms with Gasteiger partial charge >= 0.3 is 0 Å². The van der Waals surface area contributed by atoms with Gasteiger partial charge < -0.3 is 25.2 Å². The molecule has 22 heavy (non-hydrogen) atoms. The molecule has 3 rings (SSSR count). The molecule has 2 N–H and O–H groups in total. The van der Waals surface area contributed by atoms with Crippen molar-refractivity contribution in [2.75, 3.05) is 63.2 Å². The van der Waals surface area contributed by atoms with Crippen molar-refractivity contribution in [1.82, 2.24) is 4.90 Å². The Hall–Kier alpha value is -1.46. The lowest BCUT2D eigenvalue weighted by atomic mass is 10.0. The number of anilines is 2. The number of nitrogens with zero attached hydrogens (tertiary/aromatic N) is 3. The number of likely N-dealkylation sites (N-methyl/N-ethyl adjacent to an activating group) is 1. The lowest BCUT2D eigenvalue weighted by Gasteiger charge is -2.39. The summed E-state index contributed by atoms with van der Waals surface area (Å²) in [6, 6.07) is 7.72. The van der Waals surface area contributed by atoms with Crippen LogP contribution >= 0.6 is 0 Å². The number of methoxy groups -OCH3 is 1. The van der Waals surface area contributed by atoms with Gasteiger partial charge in [0.15, 0.2) is 0 Å². The van der Waals surface area contributed by atoms with Gasteiger partial charge in [0.25, 0.3) is 0 Å². The summed E-state index contributed by atoms with van der Waals surface area (Å²) in [5.41, 5.74) is 8.68. The van der Waals surface area contributed by atoms with Crippen molar-refractivity contribution in [2.45, 2.75) is 18.9 Å². The molecule has 0 spiro atoms. The van der Waals surface area contributed by atoms with E-state index in [4.69, 9.17) is 10.5 Å². The van der Waals surface area contributed by atoms with Crippen molar-refractivity contribution in [2.24, 2.45) is 5.73 Å². The molecule has 5 nitrogen and oxygen atoms in total. The minimum Gasteiger partial charge on any atom is -0.496 e. The molecule has 2 fully saturated rings. The van der Waals surface area contributed by atoms with E-state index in [9.17, 15) is 0 Å². The van der Waals surface area contributed by atoms with Crippen LogP contribution in [0.15, 0.2) is 12.1 Å². The lowest BCUT2D eigenvalue weighted by Crippen LogP contribution is -2.46. The summed E-state index contributed by atoms with van der Waals surface area (Å²) in [6.45, 7) is 6.31. The van der Waals surface area contributed by atoms with Crippen LogP contribution in [-0.2, 0) is 0 Å². The van der Waals surface area contributed by atoms with E-state index in [0.717, 1.165) is 57.9 Å². The molecule has 2 heterocycles. The second-order valence-electron chi connectivity index (χ2n) is 6.41. The molecule has 2 saturated heterocycles. The maximum absolute atomic E-state index is 6.17. The SMILES string of the molecule is COc1[c]cc(N2CCC[C@@H](N)C2)c(N2CCN(C)CC2)c1. The van der Waals surface area contributed by atoms with Crippen molar-refractivity contribution < 1.29 is 4.74 Å². The molecule has 0 aliphatic carbocycles. The average Bonchev–Trinajstić information content (AvgIpc) is 2.55. The second kappa shape index (κ2) is 6.75. The van der Waals surface area contributed by atoms with Gasteiger partial charge in [-0.05, 0) is 26.0 Å². The van der Waals surface area contributed by atoms with Crippen molar-refractivity contribution in [3.05, 3.63) is 18.2 Å². The van der Waals surface area contributed by atoms with Gasteiger partial charge in [0.1, 0.15) is 5.75 Å². The fourth-order valence-corrected chi connectivity index (χ4v) is 3.35. The number of piperidine rings is 1. The Morgan fingerprint density at radius 1 is 1.14 bits per heavy atom. The largest absolute Gasteiger partial charge is 0.496 e. The van der Waals surface area contributed by atoms with Crippen molar-refractivity contribution in [1.29, 1.82) is 0 Å². The maximum atomic E-state index is 6.17. The third kappa shape index (κ3) is 3.31. The predicted octanol–water partition coefficient (Wildman–Crippen LogP) is 1.17. The van der Waals surface area contributed by atoms with Crippen LogP contribution in [-0.4, -0.2) is 64.4 Å². The molecular weight excluding hydrogens is 276 g/mol. The van der Waals surface area contributed by atoms with Crippen LogP contribution < -0.4 is 20.3 Å². The summed E-state index contributed by atoms with van der Waals surface area (Å²) in [7, 11) is 3.89. The first kappa shape index (κ1) is 15.4. The van der Waals surface area contributed by atoms with Gasteiger partial charge in [-0.3, -0.25) is 0 Å². The molecule has 0 unspecified atom stereocenters. The minimum atomic E-state index is 0.274. The summed E-state index contributed by atoms with van der Waals surface area (Å²) in [4.78, 5) is 7.25. The first-order chi connectivity index (χ1) is 10.7. The van der Waals surface area contributed by atoms with Crippen molar-refractivity contribution in [3.8, 4) is 5.75 Å². The Morgan fingerprint density at radius 3 is 2.59 bits per heavy atom. The van der Waals surface area contributed by atoms with Crippen LogP contribution in [0.2, 0.25) is 0 Å². The van der Waals surface area contributed by atoms with E-state index in [1.807, 2.05) is 0 Å². The van der Waals surface area contributed by atoms with E-state index in [1.54, 1.807) is 7.11 Å². The third-order valence-electron chi connectivity index (χ3n) is 4.74. The Kier molecular flexibility index (Phi) is 4.74. The molecule has 1 radical (unpaired) electrons. The molecule has 0 amide bonds. The average molecular weight is 303 g/mol. The summed E-state index contributed by atoms with van der Waals surface area (Å²) >= 11 is 0. The van der Waals surface area contributed by atoms with Gasteiger partial charge in [-0.25, -0.2) is 0 Å². The minimum absolute atomic E-state index is 0.274. The Balaban J connectivity index is 1.88. The van der Waals surface area contributed by atoms with Gasteiger partial charge in [0.05, 0.1) is 18.5 Å². The highest BCUT2D eigenvalue weighted by Crippen LogP contribution is 2.34. The molecule has 5 heteroatoms. The number of hydrogen-bond donors (Lipinski definition) is 1. The van der Waals surface area contributed by atoms with Gasteiger partial charge in [-0.2, -0.15) is 0 Å². The van der Waals surface area contributed by atoms with Crippen LogP contribution in [0.5, 0.6) is 5.75 Å². The van der Waals surface area contributed by atoms with Gasteiger partial charge in [-0.1, -0.05) is 0 Å². The van der Waals surface area contributed by atoms with Gasteiger partial charge in [0, 0.05) is 57.4 Å². The number of piperazine rings is 1. The van der Waals surface area contributed by atoms with E-state index in [0.29, 0.717) is 0 Å². The van der Waals surface area contributed by atoms with Crippen LogP contribution in [0.25, 0.3) is 0 Å². The number of hydrogen-bond acceptors (Lipinski definition) is 5. The zero-order valence-corrected chi connectivity index (χ0v) is 13.7. The highest BCUT2D eigenvalue weighted by Gasteiger charge is 2.23. The number of rotatable bonds is 3. The Bertz CT molecular complexity index is 499. The standard InChI is InChI=1S/C17H27N4O/c1-19-8-10-20(11-9-19)17-12-15(22-2)5-6-16(17)21-7-3-4-14(18)13-21/h6,12,14H,3-4,7-11,13,18H2,1-2H3/t14-/m1/s1. The molecule has 0 saturated carbocycles. The molecule has 1 aromatic carbocycles. The summed E-state index contributed by atoms with van der Waals surface area (Å²) in [6.07, 6.45) is 2.29. The van der Waals surface area contributed by atoms with Crippen LogP contribution in [0, 0.1) is 6.07 Å². The van der Waals surface area contributed by atoms with E-state index in [-0.39, 0.29) is 6.04 Å². The summed E-state index contributed by atoms with van der Waals surface area (Å²) in [5.74, 6) is 0.805. The molecule has 1 atom stereocenters. The quantitative estimate of drug-likeness (QED) is 0.908.